The number of carbonyl (C=O) groups excluding carboxylic acids is 1. The number of amides is 1. The molecule has 0 spiro atoms. The highest BCUT2D eigenvalue weighted by Crippen LogP contribution is 2.18. The lowest BCUT2D eigenvalue weighted by Gasteiger charge is -2.10. The molecule has 0 aliphatic heterocycles. The monoisotopic (exact) mass is 279 g/mol. The van der Waals surface area contributed by atoms with E-state index in [0.717, 1.165) is 5.56 Å². The normalized spacial score (nSPS) is 12.1. The predicted octanol–water partition coefficient (Wildman–Crippen LogP) is 2.74. The fourth-order valence-corrected chi connectivity index (χ4v) is 2.39. The second-order valence-corrected chi connectivity index (χ2v) is 4.91. The zero-order valence-corrected chi connectivity index (χ0v) is 11.0. The molecule has 1 aromatic heterocycles. The molecule has 2 aromatic rings. The van der Waals surface area contributed by atoms with Crippen LogP contribution in [-0.2, 0) is 0 Å². The van der Waals surface area contributed by atoms with Gasteiger partial charge in [0.05, 0.1) is 6.10 Å². The highest BCUT2D eigenvalue weighted by atomic mass is 32.1. The van der Waals surface area contributed by atoms with Gasteiger partial charge < -0.3 is 10.4 Å². The molecule has 0 aliphatic rings. The molecule has 1 atom stereocenters. The van der Waals surface area contributed by atoms with E-state index in [9.17, 15) is 14.3 Å². The van der Waals surface area contributed by atoms with Gasteiger partial charge >= 0.3 is 0 Å². The van der Waals surface area contributed by atoms with Gasteiger partial charge in [0.15, 0.2) is 0 Å². The average Bonchev–Trinajstić information content (AvgIpc) is 2.92. The third-order valence-electron chi connectivity index (χ3n) is 2.72. The number of aliphatic hydroxyl groups excluding tert-OH is 1. The number of rotatable bonds is 5. The van der Waals surface area contributed by atoms with Gasteiger partial charge in [-0.2, -0.15) is 11.3 Å². The van der Waals surface area contributed by atoms with Crippen molar-refractivity contribution in [2.75, 3.05) is 6.54 Å². The number of benzene rings is 1. The first kappa shape index (κ1) is 13.7. The number of nitrogens with one attached hydrogen (secondary N) is 1. The zero-order valence-electron chi connectivity index (χ0n) is 10.2. The number of halogens is 1. The molecular formula is C14H14FNO2S. The average molecular weight is 279 g/mol. The lowest BCUT2D eigenvalue weighted by Crippen LogP contribution is -2.25. The van der Waals surface area contributed by atoms with Crippen molar-refractivity contribution in [2.45, 2.75) is 12.5 Å². The van der Waals surface area contributed by atoms with Crippen molar-refractivity contribution in [3.8, 4) is 0 Å². The molecule has 19 heavy (non-hydrogen) atoms. The Morgan fingerprint density at radius 2 is 2.26 bits per heavy atom. The molecule has 2 rings (SSSR count). The summed E-state index contributed by atoms with van der Waals surface area (Å²) in [5, 5.41) is 16.3. The third kappa shape index (κ3) is 3.87. The topological polar surface area (TPSA) is 49.3 Å². The van der Waals surface area contributed by atoms with Gasteiger partial charge in [0.25, 0.3) is 5.91 Å². The maximum absolute atomic E-state index is 12.9. The molecule has 0 saturated heterocycles. The summed E-state index contributed by atoms with van der Waals surface area (Å²) in [5.74, 6) is -0.775. The Kier molecular flexibility index (Phi) is 4.65. The van der Waals surface area contributed by atoms with Gasteiger partial charge in [0.2, 0.25) is 0 Å². The Hall–Kier alpha value is -1.72. The second kappa shape index (κ2) is 6.45. The molecule has 1 aromatic carbocycles. The maximum atomic E-state index is 12.9. The van der Waals surface area contributed by atoms with Crippen LogP contribution in [0.15, 0.2) is 41.1 Å². The van der Waals surface area contributed by atoms with E-state index >= 15 is 0 Å². The number of thiophene rings is 1. The molecule has 5 heteroatoms. The van der Waals surface area contributed by atoms with E-state index in [0.29, 0.717) is 13.0 Å². The maximum Gasteiger partial charge on any atom is 0.251 e. The Balaban J connectivity index is 1.81. The van der Waals surface area contributed by atoms with Crippen molar-refractivity contribution in [1.29, 1.82) is 0 Å². The Morgan fingerprint density at radius 1 is 1.42 bits per heavy atom. The van der Waals surface area contributed by atoms with E-state index in [1.165, 1.54) is 29.5 Å². The smallest absolute Gasteiger partial charge is 0.251 e. The Morgan fingerprint density at radius 3 is 2.95 bits per heavy atom. The Labute approximate surface area is 114 Å². The molecule has 1 amide bonds. The number of aliphatic hydroxyl groups is 1. The van der Waals surface area contributed by atoms with E-state index in [1.54, 1.807) is 6.07 Å². The van der Waals surface area contributed by atoms with E-state index in [2.05, 4.69) is 5.32 Å². The molecule has 0 bridgehead atoms. The summed E-state index contributed by atoms with van der Waals surface area (Å²) >= 11 is 1.52. The van der Waals surface area contributed by atoms with Crippen molar-refractivity contribution in [3.63, 3.8) is 0 Å². The molecule has 1 unspecified atom stereocenters. The van der Waals surface area contributed by atoms with Crippen LogP contribution in [0, 0.1) is 5.82 Å². The lowest BCUT2D eigenvalue weighted by atomic mass is 10.1. The number of hydrogen-bond acceptors (Lipinski definition) is 3. The van der Waals surface area contributed by atoms with Crippen LogP contribution >= 0.6 is 11.3 Å². The third-order valence-corrected chi connectivity index (χ3v) is 3.42. The highest BCUT2D eigenvalue weighted by molar-refractivity contribution is 7.07. The summed E-state index contributed by atoms with van der Waals surface area (Å²) < 4.78 is 12.9. The van der Waals surface area contributed by atoms with Crippen LogP contribution in [0.5, 0.6) is 0 Å². The highest BCUT2D eigenvalue weighted by Gasteiger charge is 2.10. The summed E-state index contributed by atoms with van der Waals surface area (Å²) in [6, 6.07) is 7.36. The van der Waals surface area contributed by atoms with Crippen molar-refractivity contribution in [1.82, 2.24) is 5.32 Å². The summed E-state index contributed by atoms with van der Waals surface area (Å²) in [6.45, 7) is 0.340. The SMILES string of the molecule is O=C(NCCC(O)c1ccsc1)c1cccc(F)c1. The van der Waals surface area contributed by atoms with Crippen LogP contribution < -0.4 is 5.32 Å². The van der Waals surface area contributed by atoms with Crippen molar-refractivity contribution < 1.29 is 14.3 Å². The number of carbonyl (C=O) groups is 1. The van der Waals surface area contributed by atoms with Gasteiger partial charge in [-0.05, 0) is 47.0 Å². The van der Waals surface area contributed by atoms with Gasteiger partial charge in [0, 0.05) is 12.1 Å². The zero-order chi connectivity index (χ0) is 13.7. The fourth-order valence-electron chi connectivity index (χ4n) is 1.69. The van der Waals surface area contributed by atoms with Crippen LogP contribution in [0.25, 0.3) is 0 Å². The molecular weight excluding hydrogens is 265 g/mol. The van der Waals surface area contributed by atoms with Crippen molar-refractivity contribution >= 4 is 17.2 Å². The summed E-state index contributed by atoms with van der Waals surface area (Å²) in [6.07, 6.45) is -0.156. The molecule has 1 heterocycles. The predicted molar refractivity (Wildman–Crippen MR) is 72.6 cm³/mol. The summed E-state index contributed by atoms with van der Waals surface area (Å²) in [5.41, 5.74) is 1.13. The summed E-state index contributed by atoms with van der Waals surface area (Å²) in [4.78, 5) is 11.7. The molecule has 0 fully saturated rings. The van der Waals surface area contributed by atoms with Crippen molar-refractivity contribution in [3.05, 3.63) is 58.0 Å². The molecule has 0 saturated carbocycles. The van der Waals surface area contributed by atoms with E-state index in [-0.39, 0.29) is 11.5 Å². The minimum atomic E-state index is -0.584. The van der Waals surface area contributed by atoms with E-state index in [4.69, 9.17) is 0 Å². The quantitative estimate of drug-likeness (QED) is 0.884. The first-order valence-corrected chi connectivity index (χ1v) is 6.85. The van der Waals surface area contributed by atoms with Crippen molar-refractivity contribution in [2.24, 2.45) is 0 Å². The van der Waals surface area contributed by atoms with E-state index in [1.807, 2.05) is 16.8 Å². The number of hydrogen-bond donors (Lipinski definition) is 2. The molecule has 2 N–H and O–H groups in total. The lowest BCUT2D eigenvalue weighted by molar-refractivity contribution is 0.0942. The molecule has 3 nitrogen and oxygen atoms in total. The van der Waals surface area contributed by atoms with Gasteiger partial charge in [-0.15, -0.1) is 0 Å². The van der Waals surface area contributed by atoms with Gasteiger partial charge in [-0.1, -0.05) is 6.07 Å². The van der Waals surface area contributed by atoms with Gasteiger partial charge in [-0.3, -0.25) is 4.79 Å². The first-order valence-electron chi connectivity index (χ1n) is 5.91. The molecule has 100 valence electrons. The van der Waals surface area contributed by atoms with Crippen LogP contribution in [0.3, 0.4) is 0 Å². The largest absolute Gasteiger partial charge is 0.388 e. The molecule has 0 aliphatic carbocycles. The standard InChI is InChI=1S/C14H14FNO2S/c15-12-3-1-2-10(8-12)14(18)16-6-4-13(17)11-5-7-19-9-11/h1-3,5,7-9,13,17H,4,6H2,(H,16,18). The van der Waals surface area contributed by atoms with Crippen LogP contribution in [-0.4, -0.2) is 17.6 Å². The van der Waals surface area contributed by atoms with Crippen LogP contribution in [0.2, 0.25) is 0 Å². The first-order chi connectivity index (χ1) is 9.16. The minimum Gasteiger partial charge on any atom is -0.388 e. The molecule has 0 radical (unpaired) electrons. The summed E-state index contributed by atoms with van der Waals surface area (Å²) in [7, 11) is 0. The Bertz CT molecular complexity index is 542. The van der Waals surface area contributed by atoms with Gasteiger partial charge in [-0.25, -0.2) is 4.39 Å². The second-order valence-electron chi connectivity index (χ2n) is 4.13. The van der Waals surface area contributed by atoms with E-state index < -0.39 is 11.9 Å². The van der Waals surface area contributed by atoms with Gasteiger partial charge in [0.1, 0.15) is 5.82 Å². The van der Waals surface area contributed by atoms with Crippen LogP contribution in [0.4, 0.5) is 4.39 Å². The fraction of sp³-hybridized carbons (Fsp3) is 0.214. The van der Waals surface area contributed by atoms with Crippen LogP contribution in [0.1, 0.15) is 28.4 Å². The minimum absolute atomic E-state index is 0.282.